The lowest BCUT2D eigenvalue weighted by Gasteiger charge is -2.32. The van der Waals surface area contributed by atoms with Crippen molar-refractivity contribution in [3.8, 4) is 0 Å². The van der Waals surface area contributed by atoms with Gasteiger partial charge in [-0.1, -0.05) is 0 Å². The number of likely N-dealkylation sites (tertiary alicyclic amines) is 1. The number of aryl methyl sites for hydroxylation is 1. The molecule has 1 atom stereocenters. The number of nitrogens with zero attached hydrogens (tertiary/aromatic N) is 3. The molecule has 0 aliphatic carbocycles. The van der Waals surface area contributed by atoms with Crippen LogP contribution < -0.4 is 4.72 Å². The van der Waals surface area contributed by atoms with Gasteiger partial charge >= 0.3 is 0 Å². The number of hydrogen-bond acceptors (Lipinski definition) is 4. The van der Waals surface area contributed by atoms with Crippen LogP contribution in [-0.2, 0) is 14.8 Å². The van der Waals surface area contributed by atoms with Gasteiger partial charge < -0.3 is 9.47 Å². The van der Waals surface area contributed by atoms with Crippen LogP contribution in [0.2, 0.25) is 0 Å². The van der Waals surface area contributed by atoms with Crippen molar-refractivity contribution in [1.82, 2.24) is 19.2 Å². The summed E-state index contributed by atoms with van der Waals surface area (Å²) in [6.45, 7) is 5.12. The van der Waals surface area contributed by atoms with Crippen molar-refractivity contribution in [3.05, 3.63) is 18.2 Å². The second-order valence-corrected chi connectivity index (χ2v) is 7.76. The van der Waals surface area contributed by atoms with Crippen LogP contribution in [0.5, 0.6) is 0 Å². The average Bonchev–Trinajstić information content (AvgIpc) is 2.84. The van der Waals surface area contributed by atoms with Crippen LogP contribution in [-0.4, -0.2) is 54.2 Å². The maximum absolute atomic E-state index is 12.4. The first kappa shape index (κ1) is 17.0. The van der Waals surface area contributed by atoms with E-state index in [2.05, 4.69) is 9.71 Å². The first-order valence-electron chi connectivity index (χ1n) is 7.51. The molecule has 8 heteroatoms. The molecule has 1 fully saturated rings. The number of amides is 1. The number of hydrogen-bond donors (Lipinski definition) is 1. The highest BCUT2D eigenvalue weighted by molar-refractivity contribution is 7.88. The minimum absolute atomic E-state index is 0.0626. The monoisotopic (exact) mass is 328 g/mol. The first-order valence-corrected chi connectivity index (χ1v) is 9.40. The molecule has 1 saturated heterocycles. The van der Waals surface area contributed by atoms with E-state index in [1.165, 1.54) is 6.26 Å². The summed E-state index contributed by atoms with van der Waals surface area (Å²) < 4.78 is 27.1. The number of carbonyl (C=O) groups is 1. The van der Waals surface area contributed by atoms with E-state index in [-0.39, 0.29) is 18.0 Å². The number of sulfonamides is 1. The van der Waals surface area contributed by atoms with Gasteiger partial charge in [-0.05, 0) is 26.7 Å². The summed E-state index contributed by atoms with van der Waals surface area (Å²) in [7, 11) is -3.18. The van der Waals surface area contributed by atoms with Crippen molar-refractivity contribution in [2.45, 2.75) is 45.2 Å². The van der Waals surface area contributed by atoms with E-state index in [1.54, 1.807) is 6.20 Å². The van der Waals surface area contributed by atoms with E-state index in [4.69, 9.17) is 0 Å². The Bertz CT molecular complexity index is 618. The largest absolute Gasteiger partial charge is 0.343 e. The SMILES string of the molecule is Cc1nccn1[C@@H](C)CC(=O)N1CCC(NS(C)(=O)=O)CC1. The predicted octanol–water partition coefficient (Wildman–Crippen LogP) is 0.683. The van der Waals surface area contributed by atoms with E-state index in [0.29, 0.717) is 32.4 Å². The molecule has 0 spiro atoms. The van der Waals surface area contributed by atoms with Crippen LogP contribution in [0.3, 0.4) is 0 Å². The van der Waals surface area contributed by atoms with E-state index in [1.807, 2.05) is 29.5 Å². The van der Waals surface area contributed by atoms with Crippen LogP contribution in [0.4, 0.5) is 0 Å². The van der Waals surface area contributed by atoms with Gasteiger partial charge in [0.05, 0.1) is 6.26 Å². The number of aromatic nitrogens is 2. The third-order valence-corrected chi connectivity index (χ3v) is 4.80. The minimum Gasteiger partial charge on any atom is -0.343 e. The van der Waals surface area contributed by atoms with Gasteiger partial charge in [-0.2, -0.15) is 0 Å². The highest BCUT2D eigenvalue weighted by Crippen LogP contribution is 2.17. The summed E-state index contributed by atoms with van der Waals surface area (Å²) in [5.74, 6) is 1.01. The zero-order chi connectivity index (χ0) is 16.3. The van der Waals surface area contributed by atoms with Crippen molar-refractivity contribution >= 4 is 15.9 Å². The predicted molar refractivity (Wildman–Crippen MR) is 83.9 cm³/mol. The summed E-state index contributed by atoms with van der Waals surface area (Å²) in [4.78, 5) is 18.4. The van der Waals surface area contributed by atoms with E-state index >= 15 is 0 Å². The molecule has 1 amide bonds. The molecule has 7 nitrogen and oxygen atoms in total. The molecule has 2 rings (SSSR count). The zero-order valence-electron chi connectivity index (χ0n) is 13.3. The fraction of sp³-hybridized carbons (Fsp3) is 0.714. The Morgan fingerprint density at radius 3 is 2.59 bits per heavy atom. The van der Waals surface area contributed by atoms with Crippen molar-refractivity contribution in [1.29, 1.82) is 0 Å². The third-order valence-electron chi connectivity index (χ3n) is 4.04. The fourth-order valence-corrected chi connectivity index (χ4v) is 3.72. The average molecular weight is 328 g/mol. The maximum Gasteiger partial charge on any atom is 0.224 e. The summed E-state index contributed by atoms with van der Waals surface area (Å²) >= 11 is 0. The topological polar surface area (TPSA) is 84.3 Å². The Labute approximate surface area is 131 Å². The van der Waals surface area contributed by atoms with Crippen LogP contribution in [0, 0.1) is 6.92 Å². The lowest BCUT2D eigenvalue weighted by molar-refractivity contribution is -0.133. The highest BCUT2D eigenvalue weighted by atomic mass is 32.2. The maximum atomic E-state index is 12.4. The lowest BCUT2D eigenvalue weighted by atomic mass is 10.1. The molecule has 1 aliphatic heterocycles. The van der Waals surface area contributed by atoms with Crippen molar-refractivity contribution < 1.29 is 13.2 Å². The minimum atomic E-state index is -3.18. The molecule has 0 bridgehead atoms. The molecule has 0 unspecified atom stereocenters. The van der Waals surface area contributed by atoms with Crippen LogP contribution >= 0.6 is 0 Å². The second-order valence-electron chi connectivity index (χ2n) is 5.98. The summed E-state index contributed by atoms with van der Waals surface area (Å²) in [5, 5.41) is 0. The van der Waals surface area contributed by atoms with Crippen molar-refractivity contribution in [3.63, 3.8) is 0 Å². The van der Waals surface area contributed by atoms with Gasteiger partial charge in [0.25, 0.3) is 0 Å². The quantitative estimate of drug-likeness (QED) is 0.861. The van der Waals surface area contributed by atoms with Gasteiger partial charge in [0.2, 0.25) is 15.9 Å². The van der Waals surface area contributed by atoms with Gasteiger partial charge in [-0.3, -0.25) is 4.79 Å². The molecule has 2 heterocycles. The molecule has 1 aromatic heterocycles. The molecule has 0 saturated carbocycles. The molecule has 0 radical (unpaired) electrons. The van der Waals surface area contributed by atoms with Crippen molar-refractivity contribution in [2.75, 3.05) is 19.3 Å². The molecular weight excluding hydrogens is 304 g/mol. The smallest absolute Gasteiger partial charge is 0.224 e. The van der Waals surface area contributed by atoms with Crippen molar-refractivity contribution in [2.24, 2.45) is 0 Å². The number of rotatable bonds is 5. The lowest BCUT2D eigenvalue weighted by Crippen LogP contribution is -2.46. The second kappa shape index (κ2) is 6.78. The molecular formula is C14H24N4O3S. The Hall–Kier alpha value is -1.41. The molecule has 1 aromatic rings. The Morgan fingerprint density at radius 1 is 1.45 bits per heavy atom. The number of imidazole rings is 1. The number of carbonyl (C=O) groups excluding carboxylic acids is 1. The van der Waals surface area contributed by atoms with Crippen LogP contribution in [0.25, 0.3) is 0 Å². The van der Waals surface area contributed by atoms with E-state index < -0.39 is 10.0 Å². The third kappa shape index (κ3) is 4.54. The fourth-order valence-electron chi connectivity index (χ4n) is 2.88. The summed E-state index contributed by atoms with van der Waals surface area (Å²) in [5.41, 5.74) is 0. The first-order chi connectivity index (χ1) is 10.3. The normalized spacial score (nSPS) is 18.4. The standard InChI is InChI=1S/C14H24N4O3S/c1-11(18-9-6-15-12(18)2)10-14(19)17-7-4-13(5-8-17)16-22(3,20)21/h6,9,11,13,16H,4-5,7-8,10H2,1-3H3/t11-/m0/s1. The summed E-state index contributed by atoms with van der Waals surface area (Å²) in [6, 6.07) is 0.00855. The Kier molecular flexibility index (Phi) is 5.23. The molecule has 1 aliphatic rings. The zero-order valence-corrected chi connectivity index (χ0v) is 14.1. The molecule has 1 N–H and O–H groups in total. The Balaban J connectivity index is 1.84. The van der Waals surface area contributed by atoms with Crippen LogP contribution in [0.15, 0.2) is 12.4 Å². The van der Waals surface area contributed by atoms with Gasteiger partial charge in [-0.15, -0.1) is 0 Å². The molecule has 22 heavy (non-hydrogen) atoms. The van der Waals surface area contributed by atoms with E-state index in [0.717, 1.165) is 5.82 Å². The van der Waals surface area contributed by atoms with Gasteiger partial charge in [0, 0.05) is 44.0 Å². The van der Waals surface area contributed by atoms with Crippen LogP contribution in [0.1, 0.15) is 38.1 Å². The molecule has 124 valence electrons. The number of piperidine rings is 1. The molecule has 0 aromatic carbocycles. The highest BCUT2D eigenvalue weighted by Gasteiger charge is 2.25. The van der Waals surface area contributed by atoms with E-state index in [9.17, 15) is 13.2 Å². The van der Waals surface area contributed by atoms with Gasteiger partial charge in [0.15, 0.2) is 0 Å². The van der Waals surface area contributed by atoms with Gasteiger partial charge in [-0.25, -0.2) is 18.1 Å². The summed E-state index contributed by atoms with van der Waals surface area (Å²) in [6.07, 6.45) is 6.55. The number of nitrogens with one attached hydrogen (secondary N) is 1. The Morgan fingerprint density at radius 2 is 2.09 bits per heavy atom. The van der Waals surface area contributed by atoms with Gasteiger partial charge in [0.1, 0.15) is 5.82 Å².